The van der Waals surface area contributed by atoms with Crippen LogP contribution in [0.25, 0.3) is 10.9 Å². The Morgan fingerprint density at radius 3 is 2.48 bits per heavy atom. The molecule has 0 bridgehead atoms. The summed E-state index contributed by atoms with van der Waals surface area (Å²) in [7, 11) is 0. The van der Waals surface area contributed by atoms with Crippen LogP contribution in [0.3, 0.4) is 0 Å². The SMILES string of the molecule is CC(C)C(NC(=O)c1cccs1)C(=O)NCC(c1cccs1)c1c[nH]c2ccccc12. The normalized spacial score (nSPS) is 13.3. The third-order valence-electron chi connectivity index (χ3n) is 5.34. The summed E-state index contributed by atoms with van der Waals surface area (Å²) in [6, 6.07) is 15.3. The number of thiophene rings is 2. The molecular formula is C24H25N3O2S2. The first-order valence-electron chi connectivity index (χ1n) is 10.3. The van der Waals surface area contributed by atoms with Crippen LogP contribution in [-0.4, -0.2) is 29.4 Å². The summed E-state index contributed by atoms with van der Waals surface area (Å²) in [5.41, 5.74) is 2.23. The van der Waals surface area contributed by atoms with Gasteiger partial charge in [-0.3, -0.25) is 9.59 Å². The predicted octanol–water partition coefficient (Wildman–Crippen LogP) is 4.99. The molecule has 4 rings (SSSR count). The first-order chi connectivity index (χ1) is 15.0. The van der Waals surface area contributed by atoms with Crippen LogP contribution in [-0.2, 0) is 4.79 Å². The van der Waals surface area contributed by atoms with Gasteiger partial charge in [0.25, 0.3) is 5.91 Å². The average Bonchev–Trinajstić information content (AvgIpc) is 3.54. The Morgan fingerprint density at radius 1 is 1.00 bits per heavy atom. The number of aromatic nitrogens is 1. The second-order valence-electron chi connectivity index (χ2n) is 7.78. The molecule has 31 heavy (non-hydrogen) atoms. The van der Waals surface area contributed by atoms with Crippen LogP contribution in [0.5, 0.6) is 0 Å². The lowest BCUT2D eigenvalue weighted by Crippen LogP contribution is -2.50. The summed E-state index contributed by atoms with van der Waals surface area (Å²) < 4.78 is 0. The molecule has 2 atom stereocenters. The zero-order chi connectivity index (χ0) is 21.8. The topological polar surface area (TPSA) is 74.0 Å². The number of rotatable bonds is 8. The molecule has 0 saturated heterocycles. The first-order valence-corrected chi connectivity index (χ1v) is 12.0. The third-order valence-corrected chi connectivity index (χ3v) is 7.20. The predicted molar refractivity (Wildman–Crippen MR) is 128 cm³/mol. The van der Waals surface area contributed by atoms with Gasteiger partial charge in [-0.05, 0) is 40.4 Å². The van der Waals surface area contributed by atoms with Gasteiger partial charge in [-0.25, -0.2) is 0 Å². The fraction of sp³-hybridized carbons (Fsp3) is 0.250. The lowest BCUT2D eigenvalue weighted by atomic mass is 9.96. The molecule has 3 aromatic heterocycles. The molecule has 0 spiro atoms. The van der Waals surface area contributed by atoms with Gasteiger partial charge in [0, 0.05) is 34.4 Å². The average molecular weight is 452 g/mol. The second kappa shape index (κ2) is 9.49. The number of carbonyl (C=O) groups is 2. The van der Waals surface area contributed by atoms with Crippen LogP contribution < -0.4 is 10.6 Å². The molecule has 7 heteroatoms. The van der Waals surface area contributed by atoms with E-state index in [1.54, 1.807) is 17.4 Å². The molecule has 2 unspecified atom stereocenters. The maximum absolute atomic E-state index is 13.1. The lowest BCUT2D eigenvalue weighted by molar-refractivity contribution is -0.123. The van der Waals surface area contributed by atoms with E-state index in [9.17, 15) is 9.59 Å². The number of aromatic amines is 1. The number of para-hydroxylation sites is 1. The molecule has 4 aromatic rings. The van der Waals surface area contributed by atoms with Crippen molar-refractivity contribution in [2.24, 2.45) is 5.92 Å². The fourth-order valence-electron chi connectivity index (χ4n) is 3.70. The third kappa shape index (κ3) is 4.73. The number of hydrogen-bond donors (Lipinski definition) is 3. The molecule has 0 aliphatic heterocycles. The van der Waals surface area contributed by atoms with E-state index in [1.807, 2.05) is 49.7 Å². The molecule has 0 saturated carbocycles. The van der Waals surface area contributed by atoms with Crippen LogP contribution in [0.2, 0.25) is 0 Å². The van der Waals surface area contributed by atoms with E-state index in [2.05, 4.69) is 39.2 Å². The van der Waals surface area contributed by atoms with E-state index in [1.165, 1.54) is 16.2 Å². The van der Waals surface area contributed by atoms with E-state index in [-0.39, 0.29) is 23.7 Å². The van der Waals surface area contributed by atoms with Gasteiger partial charge in [-0.1, -0.05) is 44.2 Å². The Labute approximate surface area is 189 Å². The highest BCUT2D eigenvalue weighted by molar-refractivity contribution is 7.12. The number of benzene rings is 1. The minimum Gasteiger partial charge on any atom is -0.361 e. The molecule has 0 fully saturated rings. The molecule has 5 nitrogen and oxygen atoms in total. The summed E-state index contributed by atoms with van der Waals surface area (Å²) in [6.07, 6.45) is 2.03. The Bertz CT molecular complexity index is 1150. The summed E-state index contributed by atoms with van der Waals surface area (Å²) in [6.45, 7) is 4.34. The number of H-pyrrole nitrogens is 1. The highest BCUT2D eigenvalue weighted by Crippen LogP contribution is 2.32. The summed E-state index contributed by atoms with van der Waals surface area (Å²) in [5.74, 6) is -0.380. The maximum Gasteiger partial charge on any atom is 0.262 e. The van der Waals surface area contributed by atoms with E-state index >= 15 is 0 Å². The zero-order valence-corrected chi connectivity index (χ0v) is 19.1. The molecule has 0 aliphatic rings. The molecular weight excluding hydrogens is 426 g/mol. The van der Waals surface area contributed by atoms with E-state index < -0.39 is 6.04 Å². The molecule has 160 valence electrons. The maximum atomic E-state index is 13.1. The monoisotopic (exact) mass is 451 g/mol. The van der Waals surface area contributed by atoms with Gasteiger partial charge in [0.2, 0.25) is 5.91 Å². The van der Waals surface area contributed by atoms with E-state index in [0.717, 1.165) is 16.5 Å². The van der Waals surface area contributed by atoms with Gasteiger partial charge in [-0.15, -0.1) is 22.7 Å². The Balaban J connectivity index is 1.52. The molecule has 0 radical (unpaired) electrons. The second-order valence-corrected chi connectivity index (χ2v) is 9.70. The minimum atomic E-state index is -0.596. The van der Waals surface area contributed by atoms with Crippen molar-refractivity contribution in [1.82, 2.24) is 15.6 Å². The summed E-state index contributed by atoms with van der Waals surface area (Å²) in [5, 5.41) is 11.1. The summed E-state index contributed by atoms with van der Waals surface area (Å²) >= 11 is 3.05. The molecule has 2 amide bonds. The van der Waals surface area contributed by atoms with Crippen LogP contribution in [0.15, 0.2) is 65.5 Å². The molecule has 0 aliphatic carbocycles. The Kier molecular flexibility index (Phi) is 6.53. The zero-order valence-electron chi connectivity index (χ0n) is 17.4. The van der Waals surface area contributed by atoms with Crippen LogP contribution >= 0.6 is 22.7 Å². The van der Waals surface area contributed by atoms with Crippen LogP contribution in [0, 0.1) is 5.92 Å². The standard InChI is InChI=1S/C24H25N3O2S2/c1-15(2)22(27-23(28)21-10-6-12-31-21)24(29)26-14-18(20-9-5-11-30-20)17-13-25-19-8-4-3-7-16(17)19/h3-13,15,18,22,25H,14H2,1-2H3,(H,26,29)(H,27,28). The fourth-order valence-corrected chi connectivity index (χ4v) is 5.18. The number of amides is 2. The van der Waals surface area contributed by atoms with Gasteiger partial charge >= 0.3 is 0 Å². The van der Waals surface area contributed by atoms with Crippen molar-refractivity contribution >= 4 is 45.4 Å². The lowest BCUT2D eigenvalue weighted by Gasteiger charge is -2.23. The quantitative estimate of drug-likeness (QED) is 0.353. The van der Waals surface area contributed by atoms with E-state index in [0.29, 0.717) is 11.4 Å². The van der Waals surface area contributed by atoms with E-state index in [4.69, 9.17) is 0 Å². The van der Waals surface area contributed by atoms with Crippen molar-refractivity contribution in [2.45, 2.75) is 25.8 Å². The summed E-state index contributed by atoms with van der Waals surface area (Å²) in [4.78, 5) is 30.7. The van der Waals surface area contributed by atoms with Crippen molar-refractivity contribution in [3.05, 3.63) is 80.8 Å². The van der Waals surface area contributed by atoms with Crippen LogP contribution in [0.1, 0.15) is 39.9 Å². The molecule has 3 heterocycles. The van der Waals surface area contributed by atoms with Gasteiger partial charge in [0.1, 0.15) is 6.04 Å². The molecule has 3 N–H and O–H groups in total. The van der Waals surface area contributed by atoms with Gasteiger partial charge in [0.15, 0.2) is 0 Å². The number of nitrogens with one attached hydrogen (secondary N) is 3. The molecule has 1 aromatic carbocycles. The number of hydrogen-bond acceptors (Lipinski definition) is 4. The van der Waals surface area contributed by atoms with Crippen molar-refractivity contribution in [1.29, 1.82) is 0 Å². The van der Waals surface area contributed by atoms with Gasteiger partial charge < -0.3 is 15.6 Å². The van der Waals surface area contributed by atoms with Crippen molar-refractivity contribution in [2.75, 3.05) is 6.54 Å². The first kappa shape index (κ1) is 21.3. The van der Waals surface area contributed by atoms with Crippen LogP contribution in [0.4, 0.5) is 0 Å². The van der Waals surface area contributed by atoms with Crippen molar-refractivity contribution in [3.63, 3.8) is 0 Å². The minimum absolute atomic E-state index is 0.0286. The highest BCUT2D eigenvalue weighted by atomic mass is 32.1. The van der Waals surface area contributed by atoms with Gasteiger partial charge in [-0.2, -0.15) is 0 Å². The Morgan fingerprint density at radius 2 is 1.77 bits per heavy atom. The highest BCUT2D eigenvalue weighted by Gasteiger charge is 2.27. The number of carbonyl (C=O) groups excluding carboxylic acids is 2. The largest absolute Gasteiger partial charge is 0.361 e. The van der Waals surface area contributed by atoms with Gasteiger partial charge in [0.05, 0.1) is 4.88 Å². The Hall–Kier alpha value is -2.90. The smallest absolute Gasteiger partial charge is 0.262 e. The number of fused-ring (bicyclic) bond motifs is 1. The van der Waals surface area contributed by atoms with Crippen molar-refractivity contribution in [3.8, 4) is 0 Å². The van der Waals surface area contributed by atoms with Crippen molar-refractivity contribution < 1.29 is 9.59 Å².